The highest BCUT2D eigenvalue weighted by Crippen LogP contribution is 2.21. The number of carboxylic acid groups (broad SMARTS) is 1. The summed E-state index contributed by atoms with van der Waals surface area (Å²) in [7, 11) is 0. The summed E-state index contributed by atoms with van der Waals surface area (Å²) < 4.78 is 12.7. The molecule has 55 heavy (non-hydrogen) atoms. The number of terminal acetylenes is 1. The zero-order chi connectivity index (χ0) is 40.7. The predicted molar refractivity (Wildman–Crippen MR) is 198 cm³/mol. The van der Waals surface area contributed by atoms with Gasteiger partial charge in [-0.2, -0.15) is 14.5 Å². The van der Waals surface area contributed by atoms with E-state index >= 15 is 0 Å². The molecule has 5 amide bonds. The molecule has 2 unspecified atom stereocenters. The second kappa shape index (κ2) is 20.6. The maximum Gasteiger partial charge on any atom is 0.423 e. The Morgan fingerprint density at radius 1 is 1.02 bits per heavy atom. The number of hydrogen-bond acceptors (Lipinski definition) is 12. The molecule has 2 heterocycles. The molecule has 1 aromatic carbocycles. The number of rotatable bonds is 20. The summed E-state index contributed by atoms with van der Waals surface area (Å²) in [4.78, 5) is 95.7. The molecular formula is C35H46N10O10. The number of ether oxygens (including phenoxy) is 2. The van der Waals surface area contributed by atoms with Gasteiger partial charge in [-0.05, 0) is 42.9 Å². The van der Waals surface area contributed by atoms with Gasteiger partial charge in [-0.1, -0.05) is 45.2 Å². The van der Waals surface area contributed by atoms with Gasteiger partial charge < -0.3 is 47.3 Å². The van der Waals surface area contributed by atoms with E-state index in [0.717, 1.165) is 17.4 Å². The summed E-state index contributed by atoms with van der Waals surface area (Å²) in [5.74, 6) is -1.36. The van der Waals surface area contributed by atoms with Crippen LogP contribution in [0.2, 0.25) is 0 Å². The molecule has 0 radical (unpaired) electrons. The Morgan fingerprint density at radius 2 is 1.73 bits per heavy atom. The lowest BCUT2D eigenvalue weighted by Gasteiger charge is -2.25. The van der Waals surface area contributed by atoms with Crippen LogP contribution in [0.25, 0.3) is 11.2 Å². The van der Waals surface area contributed by atoms with Crippen LogP contribution < -0.4 is 43.2 Å². The number of primary amides is 1. The number of anilines is 2. The molecule has 2 atom stereocenters. The number of hydrogen-bond donors (Lipinski definition) is 7. The smallest absolute Gasteiger partial charge is 0.423 e. The molecule has 3 rings (SSSR count). The highest BCUT2D eigenvalue weighted by atomic mass is 16.6. The van der Waals surface area contributed by atoms with Gasteiger partial charge in [0.1, 0.15) is 24.2 Å². The number of nitrogens with zero attached hydrogens (tertiary/aromatic N) is 4. The van der Waals surface area contributed by atoms with Crippen LogP contribution in [0.5, 0.6) is 6.01 Å². The number of aromatic nitrogens is 4. The molecule has 0 spiro atoms. The molecule has 3 aromatic rings. The molecule has 0 fully saturated rings. The Labute approximate surface area is 315 Å². The van der Waals surface area contributed by atoms with Crippen molar-refractivity contribution in [2.75, 3.05) is 24.2 Å². The Bertz CT molecular complexity index is 1970. The number of nitrogen functional groups attached to an aromatic ring is 1. The maximum absolute atomic E-state index is 13.4. The van der Waals surface area contributed by atoms with Crippen LogP contribution in [-0.2, 0) is 37.1 Å². The fraction of sp³-hybridized carbons (Fsp3) is 0.457. The van der Waals surface area contributed by atoms with Crippen molar-refractivity contribution >= 4 is 58.5 Å². The third-order valence-electron chi connectivity index (χ3n) is 7.95. The number of benzene rings is 1. The highest BCUT2D eigenvalue weighted by Gasteiger charge is 2.29. The van der Waals surface area contributed by atoms with Crippen LogP contribution >= 0.6 is 0 Å². The zero-order valence-corrected chi connectivity index (χ0v) is 30.8. The molecular weight excluding hydrogens is 720 g/mol. The van der Waals surface area contributed by atoms with Gasteiger partial charge in [0, 0.05) is 18.7 Å². The average Bonchev–Trinajstić information content (AvgIpc) is 3.41. The summed E-state index contributed by atoms with van der Waals surface area (Å²) in [5.41, 5.74) is 11.1. The third-order valence-corrected chi connectivity index (χ3v) is 7.95. The second-order valence-electron chi connectivity index (χ2n) is 12.6. The van der Waals surface area contributed by atoms with Crippen LogP contribution in [0.15, 0.2) is 29.1 Å². The van der Waals surface area contributed by atoms with Crippen LogP contribution in [-0.4, -0.2) is 85.3 Å². The molecule has 20 heteroatoms. The quantitative estimate of drug-likeness (QED) is 0.0626. The van der Waals surface area contributed by atoms with E-state index in [2.05, 4.69) is 37.2 Å². The molecule has 0 aliphatic rings. The Balaban J connectivity index is 1.72. The first-order valence-corrected chi connectivity index (χ1v) is 17.4. The predicted octanol–water partition coefficient (Wildman–Crippen LogP) is 1.05. The Morgan fingerprint density at radius 3 is 2.35 bits per heavy atom. The van der Waals surface area contributed by atoms with Crippen LogP contribution in [0.1, 0.15) is 64.9 Å². The number of carbonyl (C=O) groups excluding carboxylic acids is 5. The number of fused-ring (bicyclic) bond motifs is 1. The first-order chi connectivity index (χ1) is 26.2. The minimum Gasteiger partial charge on any atom is -0.481 e. The number of imidazole rings is 1. The van der Waals surface area contributed by atoms with E-state index in [1.54, 1.807) is 26.0 Å². The van der Waals surface area contributed by atoms with Crippen LogP contribution in [0.3, 0.4) is 0 Å². The molecule has 0 aliphatic carbocycles. The summed E-state index contributed by atoms with van der Waals surface area (Å²) in [6, 6.07) is 3.11. The number of unbranched alkanes of at least 4 members (excludes halogenated alkanes) is 1. The van der Waals surface area contributed by atoms with Gasteiger partial charge in [-0.25, -0.2) is 14.4 Å². The molecule has 9 N–H and O–H groups in total. The Kier molecular flexibility index (Phi) is 16.0. The first kappa shape index (κ1) is 42.8. The average molecular weight is 767 g/mol. The SMILES string of the molecule is C#CCn1c(=O)n(C(=O)OCc2ccc(NC(=O)C(CCCNC(N)=O)NC(=O)C(NC(=O)CCC(=O)O)C(C)C)cc2)c2c(N)nc(OCCCC)nc21. The van der Waals surface area contributed by atoms with Crippen molar-refractivity contribution in [1.29, 1.82) is 0 Å². The van der Waals surface area contributed by atoms with Crippen molar-refractivity contribution in [1.82, 2.24) is 35.1 Å². The standard InChI is InChI=1S/C35H46N10O10/c1-5-7-18-54-33-42-28(36)27-29(43-33)44(17-6-2)34(52)45(27)35(53)55-19-21-10-12-22(13-11-21)39-30(49)23(9-8-16-38-32(37)51)40-31(50)26(20(3)4)41-24(46)14-15-25(47)48/h2,10-13,20,23,26H,5,7-9,14-19H2,1,3-4H3,(H,39,49)(H,40,50)(H,41,46)(H,47,48)(H2,36,42,43)(H3,37,38,51). The van der Waals surface area contributed by atoms with E-state index in [0.29, 0.717) is 22.4 Å². The number of carbonyl (C=O) groups is 6. The molecule has 2 aromatic heterocycles. The van der Waals surface area contributed by atoms with Gasteiger partial charge in [0.05, 0.1) is 19.6 Å². The lowest BCUT2D eigenvalue weighted by molar-refractivity contribution is -0.139. The lowest BCUT2D eigenvalue weighted by atomic mass is 10.0. The number of amides is 5. The fourth-order valence-corrected chi connectivity index (χ4v) is 5.10. The topological polar surface area (TPSA) is 294 Å². The van der Waals surface area contributed by atoms with E-state index in [4.69, 9.17) is 32.5 Å². The van der Waals surface area contributed by atoms with Crippen LogP contribution in [0, 0.1) is 18.3 Å². The zero-order valence-electron chi connectivity index (χ0n) is 30.8. The number of urea groups is 1. The molecule has 20 nitrogen and oxygen atoms in total. The van der Waals surface area contributed by atoms with Gasteiger partial charge in [0.2, 0.25) is 17.7 Å². The molecule has 0 aliphatic heterocycles. The fourth-order valence-electron chi connectivity index (χ4n) is 5.10. The van der Waals surface area contributed by atoms with E-state index in [1.807, 2.05) is 6.92 Å². The van der Waals surface area contributed by atoms with E-state index in [-0.39, 0.29) is 62.0 Å². The van der Waals surface area contributed by atoms with E-state index < -0.39 is 65.9 Å². The number of carboxylic acids is 1. The largest absolute Gasteiger partial charge is 0.481 e. The molecule has 296 valence electrons. The van der Waals surface area contributed by atoms with E-state index in [9.17, 15) is 33.6 Å². The Hall–Kier alpha value is -6.65. The van der Waals surface area contributed by atoms with Gasteiger partial charge in [0.15, 0.2) is 11.5 Å². The minimum absolute atomic E-state index is 0.00200. The number of nitrogens with two attached hydrogens (primary N) is 2. The third kappa shape index (κ3) is 12.5. The van der Waals surface area contributed by atoms with Crippen LogP contribution in [0.4, 0.5) is 21.1 Å². The summed E-state index contributed by atoms with van der Waals surface area (Å²) in [6.07, 6.45) is 5.55. The van der Waals surface area contributed by atoms with Crippen molar-refractivity contribution in [3.63, 3.8) is 0 Å². The monoisotopic (exact) mass is 766 g/mol. The minimum atomic E-state index is -1.17. The highest BCUT2D eigenvalue weighted by molar-refractivity contribution is 5.98. The van der Waals surface area contributed by atoms with Gasteiger partial charge in [0.25, 0.3) is 0 Å². The maximum atomic E-state index is 13.4. The molecule has 0 saturated carbocycles. The first-order valence-electron chi connectivity index (χ1n) is 17.4. The van der Waals surface area contributed by atoms with E-state index in [1.165, 1.54) is 12.1 Å². The van der Waals surface area contributed by atoms with Gasteiger partial charge in [-0.3, -0.25) is 23.7 Å². The van der Waals surface area contributed by atoms with Gasteiger partial charge in [-0.15, -0.1) is 6.42 Å². The summed E-state index contributed by atoms with van der Waals surface area (Å²) in [6.45, 7) is 5.25. The summed E-state index contributed by atoms with van der Waals surface area (Å²) >= 11 is 0. The molecule has 0 bridgehead atoms. The van der Waals surface area contributed by atoms with Crippen molar-refractivity contribution < 1.29 is 43.3 Å². The molecule has 0 saturated heterocycles. The summed E-state index contributed by atoms with van der Waals surface area (Å²) in [5, 5.41) is 19.1. The van der Waals surface area contributed by atoms with Crippen molar-refractivity contribution in [3.05, 3.63) is 40.3 Å². The second-order valence-corrected chi connectivity index (χ2v) is 12.6. The van der Waals surface area contributed by atoms with Crippen molar-refractivity contribution in [3.8, 4) is 18.4 Å². The van der Waals surface area contributed by atoms with Crippen molar-refractivity contribution in [2.24, 2.45) is 11.7 Å². The normalized spacial score (nSPS) is 11.9. The lowest BCUT2D eigenvalue weighted by Crippen LogP contribution is -2.54. The van der Waals surface area contributed by atoms with Crippen molar-refractivity contribution in [2.45, 2.75) is 84.5 Å². The number of aliphatic carboxylic acids is 1. The number of nitrogens with one attached hydrogen (secondary N) is 4. The van der Waals surface area contributed by atoms with Gasteiger partial charge >= 0.3 is 29.8 Å².